The van der Waals surface area contributed by atoms with Gasteiger partial charge in [-0.2, -0.15) is 0 Å². The summed E-state index contributed by atoms with van der Waals surface area (Å²) < 4.78 is 11.7. The van der Waals surface area contributed by atoms with Crippen LogP contribution < -0.4 is 5.73 Å². The Morgan fingerprint density at radius 2 is 2.29 bits per heavy atom. The minimum Gasteiger partial charge on any atom is -0.382 e. The highest BCUT2D eigenvalue weighted by Gasteiger charge is 2.56. The summed E-state index contributed by atoms with van der Waals surface area (Å²) in [5.74, 6) is -1.21. The minimum absolute atomic E-state index is 0.0723. The Labute approximate surface area is 89.0 Å². The molecule has 0 aromatic rings. The molecule has 1 aliphatic carbocycles. The second-order valence-corrected chi connectivity index (χ2v) is 6.95. The van der Waals surface area contributed by atoms with Crippen molar-refractivity contribution < 1.29 is 14.6 Å². The molecule has 14 heavy (non-hydrogen) atoms. The van der Waals surface area contributed by atoms with Crippen LogP contribution in [-0.4, -0.2) is 33.4 Å². The van der Waals surface area contributed by atoms with E-state index in [4.69, 9.17) is 18.0 Å². The summed E-state index contributed by atoms with van der Waals surface area (Å²) in [5, 5.41) is 9.73. The van der Waals surface area contributed by atoms with E-state index in [2.05, 4.69) is 0 Å². The van der Waals surface area contributed by atoms with Crippen molar-refractivity contribution in [2.24, 2.45) is 11.1 Å². The van der Waals surface area contributed by atoms with Gasteiger partial charge in [0.15, 0.2) is 0 Å². The lowest BCUT2D eigenvalue weighted by Crippen LogP contribution is -2.22. The summed E-state index contributed by atoms with van der Waals surface area (Å²) in [6, 6.07) is 0. The molecule has 0 heterocycles. The molecule has 0 aliphatic heterocycles. The highest BCUT2D eigenvalue weighted by atomic mass is 32.1. The Morgan fingerprint density at radius 1 is 1.79 bits per heavy atom. The van der Waals surface area contributed by atoms with Crippen molar-refractivity contribution in [3.05, 3.63) is 0 Å². The summed E-state index contributed by atoms with van der Waals surface area (Å²) in [4.78, 5) is 10.3. The largest absolute Gasteiger partial charge is 0.382 e. The molecule has 0 spiro atoms. The van der Waals surface area contributed by atoms with Crippen LogP contribution in [0, 0.1) is 5.41 Å². The van der Waals surface area contributed by atoms with Crippen molar-refractivity contribution in [1.82, 2.24) is 0 Å². The topological polar surface area (TPSA) is 83.5 Å². The molecule has 3 unspecified atom stereocenters. The highest BCUT2D eigenvalue weighted by Crippen LogP contribution is 2.60. The van der Waals surface area contributed by atoms with Gasteiger partial charge >= 0.3 is 0 Å². The molecule has 0 aromatic carbocycles. The number of hydrogen-bond donors (Lipinski definition) is 3. The number of nitrogens with two attached hydrogens (primary N) is 1. The Bertz CT molecular complexity index is 296. The maximum Gasteiger partial charge on any atom is 0.229 e. The zero-order valence-electron chi connectivity index (χ0n) is 8.14. The number of rotatable bonds is 5. The molecular formula is C8H16NO3PS. The first kappa shape index (κ1) is 12.3. The van der Waals surface area contributed by atoms with Gasteiger partial charge in [0, 0.05) is 16.4 Å². The van der Waals surface area contributed by atoms with Gasteiger partial charge in [0.1, 0.15) is 5.85 Å². The first-order valence-electron chi connectivity index (χ1n) is 4.57. The average Bonchev–Trinajstić information content (AvgIpc) is 2.71. The molecular weight excluding hydrogens is 221 g/mol. The van der Waals surface area contributed by atoms with Gasteiger partial charge in [-0.3, -0.25) is 4.57 Å². The quantitative estimate of drug-likeness (QED) is 0.484. The molecule has 1 saturated carbocycles. The first-order valence-corrected chi connectivity index (χ1v) is 6.90. The van der Waals surface area contributed by atoms with E-state index in [-0.39, 0.29) is 6.16 Å². The van der Waals surface area contributed by atoms with Gasteiger partial charge in [0.05, 0.1) is 0 Å². The molecule has 0 saturated heterocycles. The third kappa shape index (κ3) is 2.23. The maximum atomic E-state index is 11.7. The maximum absolute atomic E-state index is 11.7. The monoisotopic (exact) mass is 237 g/mol. The Kier molecular flexibility index (Phi) is 3.49. The summed E-state index contributed by atoms with van der Waals surface area (Å²) >= 11 is 4.92. The molecule has 82 valence electrons. The van der Waals surface area contributed by atoms with E-state index < -0.39 is 18.6 Å². The molecule has 3 atom stereocenters. The first-order chi connectivity index (χ1) is 6.34. The fourth-order valence-electron chi connectivity index (χ4n) is 1.41. The van der Waals surface area contributed by atoms with Crippen molar-refractivity contribution in [3.63, 3.8) is 0 Å². The predicted molar refractivity (Wildman–Crippen MR) is 59.7 cm³/mol. The Balaban J connectivity index is 2.64. The van der Waals surface area contributed by atoms with Crippen LogP contribution in [0.15, 0.2) is 0 Å². The van der Waals surface area contributed by atoms with Crippen LogP contribution in [0.1, 0.15) is 19.8 Å². The minimum atomic E-state index is -3.51. The molecule has 4 nitrogen and oxygen atoms in total. The standard InChI is InChI=1S/C8H16NO3PS/c1-8(5-6(8)14)7(10)13(11,12)4-2-3-9/h7,10H,2-5,9H2,1H3,(H,11,12). The summed E-state index contributed by atoms with van der Waals surface area (Å²) in [6.07, 6.45) is 1.09. The molecule has 1 aliphatic rings. The van der Waals surface area contributed by atoms with Crippen molar-refractivity contribution in [1.29, 1.82) is 0 Å². The average molecular weight is 237 g/mol. The van der Waals surface area contributed by atoms with Crippen molar-refractivity contribution in [2.45, 2.75) is 25.6 Å². The van der Waals surface area contributed by atoms with Gasteiger partial charge in [-0.1, -0.05) is 19.1 Å². The second-order valence-electron chi connectivity index (χ2n) is 4.01. The molecule has 6 heteroatoms. The van der Waals surface area contributed by atoms with Crippen LogP contribution in [0.4, 0.5) is 0 Å². The Hall–Kier alpha value is 0.200. The molecule has 0 amide bonds. The lowest BCUT2D eigenvalue weighted by atomic mass is 10.2. The molecule has 4 N–H and O–H groups in total. The van der Waals surface area contributed by atoms with Gasteiger partial charge in [0.2, 0.25) is 7.37 Å². The van der Waals surface area contributed by atoms with Crippen LogP contribution in [0.3, 0.4) is 0 Å². The van der Waals surface area contributed by atoms with Crippen LogP contribution in [0.25, 0.3) is 0 Å². The Morgan fingerprint density at radius 3 is 2.64 bits per heavy atom. The van der Waals surface area contributed by atoms with Crippen molar-refractivity contribution in [2.75, 3.05) is 12.7 Å². The van der Waals surface area contributed by atoms with E-state index in [0.29, 0.717) is 24.3 Å². The molecule has 1 rings (SSSR count). The summed E-state index contributed by atoms with van der Waals surface area (Å²) in [6.45, 7) is 2.09. The van der Waals surface area contributed by atoms with Gasteiger partial charge in [-0.25, -0.2) is 0 Å². The predicted octanol–water partition coefficient (Wildman–Crippen LogP) is 0.704. The number of aliphatic hydroxyl groups excluding tert-OH is 1. The van der Waals surface area contributed by atoms with E-state index in [0.717, 1.165) is 0 Å². The van der Waals surface area contributed by atoms with Crippen molar-refractivity contribution >= 4 is 24.5 Å². The summed E-state index contributed by atoms with van der Waals surface area (Å²) in [5.41, 5.74) is 4.63. The third-order valence-corrected chi connectivity index (χ3v) is 5.58. The normalized spacial score (nSPS) is 32.4. The summed E-state index contributed by atoms with van der Waals surface area (Å²) in [7, 11) is -3.51. The lowest BCUT2D eigenvalue weighted by Gasteiger charge is -2.22. The number of hydrogen-bond acceptors (Lipinski definition) is 4. The molecule has 1 fully saturated rings. The molecule has 0 bridgehead atoms. The zero-order valence-corrected chi connectivity index (χ0v) is 9.85. The van der Waals surface area contributed by atoms with Crippen LogP contribution in [0.2, 0.25) is 0 Å². The second kappa shape index (κ2) is 3.99. The number of aliphatic hydroxyl groups is 1. The number of thiocarbonyl (C=S) groups is 1. The zero-order chi connectivity index (χ0) is 11.0. The van der Waals surface area contributed by atoms with Gasteiger partial charge in [-0.05, 0) is 19.4 Å². The fraction of sp³-hybridized carbons (Fsp3) is 0.875. The van der Waals surface area contributed by atoms with E-state index in [1.807, 2.05) is 0 Å². The van der Waals surface area contributed by atoms with Gasteiger partial charge < -0.3 is 15.7 Å². The lowest BCUT2D eigenvalue weighted by molar-refractivity contribution is 0.174. The third-order valence-electron chi connectivity index (χ3n) is 2.67. The highest BCUT2D eigenvalue weighted by molar-refractivity contribution is 7.81. The fourth-order valence-corrected chi connectivity index (χ4v) is 3.93. The molecule has 0 radical (unpaired) electrons. The van der Waals surface area contributed by atoms with Gasteiger partial charge in [-0.15, -0.1) is 0 Å². The van der Waals surface area contributed by atoms with Crippen molar-refractivity contribution in [3.8, 4) is 0 Å². The SMILES string of the molecule is CC1(C(O)P(=O)(O)CCCN)CC1=S. The van der Waals surface area contributed by atoms with E-state index >= 15 is 0 Å². The van der Waals surface area contributed by atoms with E-state index in [1.54, 1.807) is 6.92 Å². The van der Waals surface area contributed by atoms with E-state index in [1.165, 1.54) is 0 Å². The van der Waals surface area contributed by atoms with Gasteiger partial charge in [0.25, 0.3) is 0 Å². The molecule has 0 aromatic heterocycles. The van der Waals surface area contributed by atoms with Crippen LogP contribution in [0.5, 0.6) is 0 Å². The smallest absolute Gasteiger partial charge is 0.229 e. The van der Waals surface area contributed by atoms with E-state index in [9.17, 15) is 14.6 Å². The van der Waals surface area contributed by atoms with Crippen LogP contribution >= 0.6 is 19.6 Å². The van der Waals surface area contributed by atoms with Crippen LogP contribution in [-0.2, 0) is 4.57 Å².